The molecule has 2 heterocycles. The number of nitrogen functional groups attached to an aromatic ring is 2. The summed E-state index contributed by atoms with van der Waals surface area (Å²) in [7, 11) is 1.46. The summed E-state index contributed by atoms with van der Waals surface area (Å²) in [5.74, 6) is -0.124. The fourth-order valence-electron chi connectivity index (χ4n) is 2.35. The molecule has 1 aliphatic rings. The molecule has 1 aromatic rings. The number of aliphatic hydroxyl groups is 2. The van der Waals surface area contributed by atoms with Crippen molar-refractivity contribution in [2.24, 2.45) is 4.99 Å². The van der Waals surface area contributed by atoms with E-state index in [0.29, 0.717) is 0 Å². The van der Waals surface area contributed by atoms with E-state index in [-0.39, 0.29) is 23.9 Å². The summed E-state index contributed by atoms with van der Waals surface area (Å²) in [6, 6.07) is 0. The summed E-state index contributed by atoms with van der Waals surface area (Å²) in [4.78, 5) is 7.77. The Morgan fingerprint density at radius 1 is 1.59 bits per heavy atom. The molecule has 6 N–H and O–H groups in total. The average molecular weight is 312 g/mol. The van der Waals surface area contributed by atoms with Crippen molar-refractivity contribution in [3.8, 4) is 0 Å². The van der Waals surface area contributed by atoms with E-state index in [1.54, 1.807) is 0 Å². The van der Waals surface area contributed by atoms with Crippen LogP contribution in [0, 0.1) is 0 Å². The molecule has 1 saturated heterocycles. The molecular weight excluding hydrogens is 292 g/mol. The molecule has 1 aromatic heterocycles. The molecule has 0 aliphatic carbocycles. The van der Waals surface area contributed by atoms with Gasteiger partial charge in [-0.05, 0) is 6.92 Å². The number of nitrogens with zero attached hydrogens (tertiary/aromatic N) is 4. The van der Waals surface area contributed by atoms with Crippen molar-refractivity contribution >= 4 is 11.8 Å². The molecule has 0 amide bonds. The third kappa shape index (κ3) is 2.68. The van der Waals surface area contributed by atoms with Gasteiger partial charge in [0.15, 0.2) is 17.5 Å². The van der Waals surface area contributed by atoms with Gasteiger partial charge in [0, 0.05) is 13.3 Å². The fraction of sp³-hybridized carbons (Fsp3) is 0.583. The second-order valence-corrected chi connectivity index (χ2v) is 5.09. The van der Waals surface area contributed by atoms with Crippen LogP contribution in [0.15, 0.2) is 17.8 Å². The molecule has 10 nitrogen and oxygen atoms in total. The predicted molar refractivity (Wildman–Crippen MR) is 77.0 cm³/mol. The van der Waals surface area contributed by atoms with Gasteiger partial charge in [-0.15, -0.1) is 5.10 Å². The summed E-state index contributed by atoms with van der Waals surface area (Å²) < 4.78 is 11.8. The van der Waals surface area contributed by atoms with E-state index >= 15 is 0 Å². The number of ether oxygens (including phenoxy) is 2. The van der Waals surface area contributed by atoms with Gasteiger partial charge in [0.2, 0.25) is 5.95 Å². The number of aromatic nitrogens is 3. The quantitative estimate of drug-likeness (QED) is 0.505. The van der Waals surface area contributed by atoms with Crippen LogP contribution in [-0.2, 0) is 9.47 Å². The monoisotopic (exact) mass is 312 g/mol. The highest BCUT2D eigenvalue weighted by Gasteiger charge is 2.53. The summed E-state index contributed by atoms with van der Waals surface area (Å²) in [5.41, 5.74) is 9.82. The number of hydrogen-bond acceptors (Lipinski definition) is 9. The van der Waals surface area contributed by atoms with Crippen molar-refractivity contribution in [1.29, 1.82) is 0 Å². The van der Waals surface area contributed by atoms with Crippen LogP contribution >= 0.6 is 0 Å². The molecule has 2 rings (SSSR count). The second kappa shape index (κ2) is 6.01. The van der Waals surface area contributed by atoms with Gasteiger partial charge in [-0.3, -0.25) is 0 Å². The fourth-order valence-corrected chi connectivity index (χ4v) is 2.35. The SMILES string of the molecule is C=C/N=c1/c(N)nc(N)nn1[C@@H]1O[C@H](COC)[C@@H](O)[C@@]1(C)O. The first-order valence-corrected chi connectivity index (χ1v) is 6.54. The van der Waals surface area contributed by atoms with Gasteiger partial charge in [0.1, 0.15) is 17.8 Å². The Morgan fingerprint density at radius 2 is 2.27 bits per heavy atom. The van der Waals surface area contributed by atoms with Crippen molar-refractivity contribution in [1.82, 2.24) is 14.8 Å². The van der Waals surface area contributed by atoms with Gasteiger partial charge in [0.05, 0.1) is 6.61 Å². The topological polar surface area (TPSA) is 154 Å². The van der Waals surface area contributed by atoms with E-state index in [9.17, 15) is 10.2 Å². The molecule has 0 unspecified atom stereocenters. The van der Waals surface area contributed by atoms with Crippen LogP contribution < -0.4 is 17.0 Å². The van der Waals surface area contributed by atoms with Gasteiger partial charge < -0.3 is 31.2 Å². The number of nitrogens with two attached hydrogens (primary N) is 2. The minimum Gasteiger partial charge on any atom is -0.387 e. The maximum Gasteiger partial charge on any atom is 0.240 e. The zero-order valence-corrected chi connectivity index (χ0v) is 12.4. The Hall–Kier alpha value is -2.01. The van der Waals surface area contributed by atoms with Crippen LogP contribution in [0.2, 0.25) is 0 Å². The zero-order valence-electron chi connectivity index (χ0n) is 12.4. The first-order valence-electron chi connectivity index (χ1n) is 6.54. The Labute approximate surface area is 126 Å². The summed E-state index contributed by atoms with van der Waals surface area (Å²) in [6.45, 7) is 5.00. The summed E-state index contributed by atoms with van der Waals surface area (Å²) >= 11 is 0. The maximum absolute atomic E-state index is 10.6. The Kier molecular flexibility index (Phi) is 4.47. The molecule has 0 saturated carbocycles. The molecule has 22 heavy (non-hydrogen) atoms. The van der Waals surface area contributed by atoms with Gasteiger partial charge in [-0.2, -0.15) is 4.98 Å². The number of hydrogen-bond donors (Lipinski definition) is 4. The maximum atomic E-state index is 10.6. The lowest BCUT2D eigenvalue weighted by Gasteiger charge is -2.27. The second-order valence-electron chi connectivity index (χ2n) is 5.09. The van der Waals surface area contributed by atoms with E-state index in [2.05, 4.69) is 21.7 Å². The van der Waals surface area contributed by atoms with E-state index in [1.165, 1.54) is 24.9 Å². The van der Waals surface area contributed by atoms with Crippen LogP contribution in [0.5, 0.6) is 0 Å². The summed E-state index contributed by atoms with van der Waals surface area (Å²) in [6.07, 6.45) is -1.77. The van der Waals surface area contributed by atoms with Gasteiger partial charge in [-0.1, -0.05) is 6.58 Å². The van der Waals surface area contributed by atoms with Crippen LogP contribution in [0.4, 0.5) is 11.8 Å². The van der Waals surface area contributed by atoms with Crippen molar-refractivity contribution < 1.29 is 19.7 Å². The van der Waals surface area contributed by atoms with Crippen molar-refractivity contribution in [3.63, 3.8) is 0 Å². The molecule has 1 fully saturated rings. The lowest BCUT2D eigenvalue weighted by molar-refractivity contribution is -0.105. The van der Waals surface area contributed by atoms with Crippen LogP contribution in [-0.4, -0.2) is 56.5 Å². The van der Waals surface area contributed by atoms with Gasteiger partial charge in [0.25, 0.3) is 0 Å². The predicted octanol–water partition coefficient (Wildman–Crippen LogP) is -1.86. The van der Waals surface area contributed by atoms with E-state index in [4.69, 9.17) is 20.9 Å². The Balaban J connectivity index is 2.56. The van der Waals surface area contributed by atoms with Crippen molar-refractivity contribution in [2.45, 2.75) is 31.0 Å². The lowest BCUT2D eigenvalue weighted by Crippen LogP contribution is -2.47. The van der Waals surface area contributed by atoms with E-state index in [1.807, 2.05) is 0 Å². The van der Waals surface area contributed by atoms with Crippen LogP contribution in [0.25, 0.3) is 0 Å². The molecular formula is C12H20N6O4. The molecule has 0 bridgehead atoms. The highest BCUT2D eigenvalue weighted by atomic mass is 16.6. The van der Waals surface area contributed by atoms with Crippen LogP contribution in [0.3, 0.4) is 0 Å². The number of methoxy groups -OCH3 is 1. The third-order valence-electron chi connectivity index (χ3n) is 3.41. The third-order valence-corrected chi connectivity index (χ3v) is 3.41. The normalized spacial score (nSPS) is 32.4. The van der Waals surface area contributed by atoms with Gasteiger partial charge in [-0.25, -0.2) is 9.67 Å². The molecule has 0 aromatic carbocycles. The number of anilines is 2. The largest absolute Gasteiger partial charge is 0.387 e. The molecule has 0 radical (unpaired) electrons. The van der Waals surface area contributed by atoms with Crippen molar-refractivity contribution in [3.05, 3.63) is 18.3 Å². The standard InChI is InChI=1S/C12H20N6O4/c1-4-15-9-8(13)16-11(14)17-18(9)10-12(2,20)7(19)6(22-10)5-21-3/h4,6-7,10,19-20H,1,5H2,2-3H3,(H4,13,14,16,17)/b15-9-/t6-,7-,10-,12-/m1/s1. The average Bonchev–Trinajstić information content (AvgIpc) is 2.66. The highest BCUT2D eigenvalue weighted by Crippen LogP contribution is 2.37. The van der Waals surface area contributed by atoms with Gasteiger partial charge >= 0.3 is 0 Å². The summed E-state index contributed by atoms with van der Waals surface area (Å²) in [5, 5.41) is 24.8. The Morgan fingerprint density at radius 3 is 2.86 bits per heavy atom. The smallest absolute Gasteiger partial charge is 0.240 e. The first-order chi connectivity index (χ1) is 10.3. The van der Waals surface area contributed by atoms with E-state index in [0.717, 1.165) is 0 Å². The lowest BCUT2D eigenvalue weighted by atomic mass is 9.97. The zero-order chi connectivity index (χ0) is 16.5. The number of aliphatic hydroxyl groups excluding tert-OH is 1. The minimum atomic E-state index is -1.66. The number of rotatable bonds is 4. The first kappa shape index (κ1) is 16.4. The Bertz CT molecular complexity index is 629. The van der Waals surface area contributed by atoms with Crippen molar-refractivity contribution in [2.75, 3.05) is 25.2 Å². The molecule has 10 heteroatoms. The molecule has 122 valence electrons. The highest BCUT2D eigenvalue weighted by molar-refractivity contribution is 5.29. The molecule has 0 spiro atoms. The molecule has 4 atom stereocenters. The van der Waals surface area contributed by atoms with E-state index < -0.39 is 24.0 Å². The molecule has 1 aliphatic heterocycles. The van der Waals surface area contributed by atoms with Crippen LogP contribution in [0.1, 0.15) is 13.2 Å². The minimum absolute atomic E-state index is 0.00326.